The van der Waals surface area contributed by atoms with Crippen molar-refractivity contribution in [3.05, 3.63) is 92.5 Å². The summed E-state index contributed by atoms with van der Waals surface area (Å²) in [5, 5.41) is 28.2. The molecular weight excluding hydrogens is 462 g/mol. The van der Waals surface area contributed by atoms with Crippen molar-refractivity contribution in [3.63, 3.8) is 0 Å². The van der Waals surface area contributed by atoms with Gasteiger partial charge >= 0.3 is 17.5 Å². The highest BCUT2D eigenvalue weighted by atomic mass is 16.6. The minimum absolute atomic E-state index is 0.169. The molecule has 2 N–H and O–H groups in total. The maximum atomic E-state index is 11.9. The van der Waals surface area contributed by atoms with Gasteiger partial charge in [-0.05, 0) is 60.2 Å². The largest absolute Gasteiger partial charge is 0.497 e. The molecule has 3 aromatic carbocycles. The molecule has 3 aromatic rings. The molecular formula is C22H17N5O8. The number of ether oxygens (including phenoxy) is 2. The van der Waals surface area contributed by atoms with E-state index >= 15 is 0 Å². The maximum absolute atomic E-state index is 11.9. The van der Waals surface area contributed by atoms with Gasteiger partial charge in [0.05, 0.1) is 29.2 Å². The molecule has 2 amide bonds. The van der Waals surface area contributed by atoms with Crippen LogP contribution in [0.15, 0.2) is 71.8 Å². The molecule has 0 atom stereocenters. The Labute approximate surface area is 197 Å². The maximum Gasteiger partial charge on any atom is 0.329 e. The Morgan fingerprint density at radius 1 is 0.886 bits per heavy atom. The van der Waals surface area contributed by atoms with Crippen molar-refractivity contribution in [1.29, 1.82) is 0 Å². The summed E-state index contributed by atoms with van der Waals surface area (Å²) in [7, 11) is 1.50. The van der Waals surface area contributed by atoms with E-state index in [1.54, 1.807) is 36.4 Å². The Morgan fingerprint density at radius 2 is 1.54 bits per heavy atom. The van der Waals surface area contributed by atoms with Crippen LogP contribution in [0.3, 0.4) is 0 Å². The lowest BCUT2D eigenvalue weighted by Gasteiger charge is -2.06. The molecule has 0 saturated heterocycles. The van der Waals surface area contributed by atoms with Crippen molar-refractivity contribution >= 4 is 35.1 Å². The van der Waals surface area contributed by atoms with Gasteiger partial charge < -0.3 is 14.8 Å². The molecule has 178 valence electrons. The van der Waals surface area contributed by atoms with Crippen molar-refractivity contribution in [2.45, 2.75) is 0 Å². The molecule has 0 aliphatic heterocycles. The van der Waals surface area contributed by atoms with Crippen molar-refractivity contribution < 1.29 is 28.9 Å². The van der Waals surface area contributed by atoms with Gasteiger partial charge in [-0.15, -0.1) is 0 Å². The normalized spacial score (nSPS) is 10.4. The van der Waals surface area contributed by atoms with E-state index in [9.17, 15) is 29.8 Å². The summed E-state index contributed by atoms with van der Waals surface area (Å²) in [6.07, 6.45) is 1.27. The van der Waals surface area contributed by atoms with Gasteiger partial charge in [-0.25, -0.2) is 5.43 Å². The Balaban J connectivity index is 1.57. The monoisotopic (exact) mass is 479 g/mol. The van der Waals surface area contributed by atoms with Crippen LogP contribution < -0.4 is 20.2 Å². The molecule has 0 aromatic heterocycles. The number of nitrogens with zero attached hydrogens (tertiary/aromatic N) is 3. The van der Waals surface area contributed by atoms with Gasteiger partial charge in [-0.1, -0.05) is 0 Å². The third-order valence-electron chi connectivity index (χ3n) is 4.39. The van der Waals surface area contributed by atoms with Crippen LogP contribution in [0.4, 0.5) is 17.1 Å². The van der Waals surface area contributed by atoms with Crippen molar-refractivity contribution in [2.24, 2.45) is 5.10 Å². The number of nitro groups is 2. The lowest BCUT2D eigenvalue weighted by molar-refractivity contribution is -0.394. The zero-order valence-corrected chi connectivity index (χ0v) is 18.0. The second kappa shape index (κ2) is 11.0. The number of hydrogen-bond acceptors (Lipinski definition) is 9. The summed E-state index contributed by atoms with van der Waals surface area (Å²) in [5.74, 6) is -1.25. The number of anilines is 1. The standard InChI is InChI=1S/C22H17N5O8/c1-34-17-9-4-15(5-10-17)24-21(28)22(29)25-23-13-14-2-7-18(8-3-14)35-20-11-6-16(26(30)31)12-19(20)27(32)33/h2-13H,1H3,(H,24,28)(H,25,29). The molecule has 3 rings (SSSR count). The zero-order valence-electron chi connectivity index (χ0n) is 18.0. The molecule has 0 fully saturated rings. The second-order valence-electron chi connectivity index (χ2n) is 6.72. The quantitative estimate of drug-likeness (QED) is 0.214. The molecule has 0 saturated carbocycles. The molecule has 13 nitrogen and oxygen atoms in total. The highest BCUT2D eigenvalue weighted by Gasteiger charge is 2.21. The predicted octanol–water partition coefficient (Wildman–Crippen LogP) is 3.39. The van der Waals surface area contributed by atoms with Crippen LogP contribution in [-0.4, -0.2) is 35.0 Å². The Morgan fingerprint density at radius 3 is 2.14 bits per heavy atom. The number of rotatable bonds is 8. The van der Waals surface area contributed by atoms with Gasteiger partial charge in [0.15, 0.2) is 0 Å². The number of carbonyl (C=O) groups excluding carboxylic acids is 2. The fourth-order valence-electron chi connectivity index (χ4n) is 2.68. The van der Waals surface area contributed by atoms with E-state index in [0.29, 0.717) is 17.0 Å². The summed E-state index contributed by atoms with van der Waals surface area (Å²) < 4.78 is 10.5. The number of hydrogen-bond donors (Lipinski definition) is 2. The first kappa shape index (κ1) is 24.3. The molecule has 0 aliphatic rings. The molecule has 0 unspecified atom stereocenters. The van der Waals surface area contributed by atoms with Crippen LogP contribution in [0, 0.1) is 20.2 Å². The van der Waals surface area contributed by atoms with Crippen LogP contribution in [0.1, 0.15) is 5.56 Å². The molecule has 13 heteroatoms. The van der Waals surface area contributed by atoms with Crippen LogP contribution in [0.25, 0.3) is 0 Å². The molecule has 0 aliphatic carbocycles. The minimum atomic E-state index is -0.984. The first-order valence-electron chi connectivity index (χ1n) is 9.76. The van der Waals surface area contributed by atoms with Crippen LogP contribution in [-0.2, 0) is 9.59 Å². The molecule has 35 heavy (non-hydrogen) atoms. The van der Waals surface area contributed by atoms with E-state index in [1.165, 1.54) is 25.5 Å². The number of nitrogens with one attached hydrogen (secondary N) is 2. The van der Waals surface area contributed by atoms with E-state index in [-0.39, 0.29) is 11.5 Å². The summed E-state index contributed by atoms with van der Waals surface area (Å²) in [6.45, 7) is 0. The second-order valence-corrected chi connectivity index (χ2v) is 6.72. The van der Waals surface area contributed by atoms with Crippen LogP contribution >= 0.6 is 0 Å². The number of non-ortho nitro benzene ring substituents is 1. The van der Waals surface area contributed by atoms with Crippen LogP contribution in [0.5, 0.6) is 17.2 Å². The molecule has 0 bridgehead atoms. The highest BCUT2D eigenvalue weighted by Crippen LogP contribution is 2.34. The average molecular weight is 479 g/mol. The topological polar surface area (TPSA) is 175 Å². The Kier molecular flexibility index (Phi) is 7.64. The Hall–Kier alpha value is -5.33. The van der Waals surface area contributed by atoms with Gasteiger partial charge in [0.1, 0.15) is 11.5 Å². The van der Waals surface area contributed by atoms with Gasteiger partial charge in [-0.2, -0.15) is 5.10 Å². The fourth-order valence-corrected chi connectivity index (χ4v) is 2.68. The smallest absolute Gasteiger partial charge is 0.329 e. The molecule has 0 radical (unpaired) electrons. The van der Waals surface area contributed by atoms with Gasteiger partial charge in [0.2, 0.25) is 5.75 Å². The average Bonchev–Trinajstić information content (AvgIpc) is 2.85. The summed E-state index contributed by atoms with van der Waals surface area (Å²) in [6, 6.07) is 15.5. The SMILES string of the molecule is COc1ccc(NC(=O)C(=O)NN=Cc2ccc(Oc3ccc([N+](=O)[O-])cc3[N+](=O)[O-])cc2)cc1. The zero-order chi connectivity index (χ0) is 25.4. The number of methoxy groups -OCH3 is 1. The van der Waals surface area contributed by atoms with Crippen molar-refractivity contribution in [3.8, 4) is 17.2 Å². The molecule has 0 heterocycles. The third kappa shape index (κ3) is 6.58. The van der Waals surface area contributed by atoms with Crippen molar-refractivity contribution in [1.82, 2.24) is 5.43 Å². The highest BCUT2D eigenvalue weighted by molar-refractivity contribution is 6.39. The number of nitro benzene ring substituents is 2. The van der Waals surface area contributed by atoms with Gasteiger partial charge in [-0.3, -0.25) is 29.8 Å². The number of hydrazone groups is 1. The first-order chi connectivity index (χ1) is 16.8. The van der Waals surface area contributed by atoms with E-state index in [4.69, 9.17) is 9.47 Å². The van der Waals surface area contributed by atoms with Crippen molar-refractivity contribution in [2.75, 3.05) is 12.4 Å². The summed E-state index contributed by atoms with van der Waals surface area (Å²) in [5.41, 5.74) is 2.03. The lowest BCUT2D eigenvalue weighted by atomic mass is 10.2. The summed E-state index contributed by atoms with van der Waals surface area (Å²) >= 11 is 0. The number of benzene rings is 3. The minimum Gasteiger partial charge on any atom is -0.497 e. The number of carbonyl (C=O) groups is 2. The Bertz CT molecular complexity index is 1290. The third-order valence-corrected chi connectivity index (χ3v) is 4.39. The predicted molar refractivity (Wildman–Crippen MR) is 124 cm³/mol. The summed E-state index contributed by atoms with van der Waals surface area (Å²) in [4.78, 5) is 44.3. The van der Waals surface area contributed by atoms with Gasteiger partial charge in [0, 0.05) is 11.8 Å². The van der Waals surface area contributed by atoms with E-state index in [0.717, 1.165) is 18.2 Å². The first-order valence-corrected chi connectivity index (χ1v) is 9.76. The van der Waals surface area contributed by atoms with E-state index in [2.05, 4.69) is 15.8 Å². The fraction of sp³-hybridized carbons (Fsp3) is 0.0455. The molecule has 0 spiro atoms. The number of amides is 2. The van der Waals surface area contributed by atoms with Gasteiger partial charge in [0.25, 0.3) is 5.69 Å². The van der Waals surface area contributed by atoms with E-state index < -0.39 is 33.0 Å². The van der Waals surface area contributed by atoms with E-state index in [1.807, 2.05) is 0 Å². The lowest BCUT2D eigenvalue weighted by Crippen LogP contribution is -2.32. The van der Waals surface area contributed by atoms with Crippen LogP contribution in [0.2, 0.25) is 0 Å².